The summed E-state index contributed by atoms with van der Waals surface area (Å²) in [7, 11) is -3.85. The molecule has 1 N–H and O–H groups in total. The maximum atomic E-state index is 11.3. The molecule has 0 rings (SSSR count). The van der Waals surface area contributed by atoms with E-state index >= 15 is 0 Å². The first-order chi connectivity index (χ1) is 9.02. The van der Waals surface area contributed by atoms with Crippen molar-refractivity contribution in [3.8, 4) is 0 Å². The first kappa shape index (κ1) is 23.2. The van der Waals surface area contributed by atoms with Crippen molar-refractivity contribution in [1.29, 1.82) is 0 Å². The summed E-state index contributed by atoms with van der Waals surface area (Å²) in [5.74, 6) is 0. The van der Waals surface area contributed by atoms with E-state index in [0.717, 1.165) is 38.5 Å². The SMILES string of the molecule is CCCCCCCCC(CCCCCC)S(=O)(=O)O.[Na]. The minimum Gasteiger partial charge on any atom is -0.285 e. The van der Waals surface area contributed by atoms with Crippen LogP contribution in [0.4, 0.5) is 0 Å². The average molecular weight is 315 g/mol. The van der Waals surface area contributed by atoms with Crippen LogP contribution in [0, 0.1) is 0 Å². The Morgan fingerprint density at radius 2 is 1.10 bits per heavy atom. The van der Waals surface area contributed by atoms with Gasteiger partial charge in [0.05, 0.1) is 5.25 Å². The summed E-state index contributed by atoms with van der Waals surface area (Å²) >= 11 is 0. The van der Waals surface area contributed by atoms with Gasteiger partial charge in [0.1, 0.15) is 0 Å². The standard InChI is InChI=1S/C15H32O3S.Na/c1-3-5-7-9-10-12-14-15(19(16,17)18)13-11-8-6-4-2;/h15H,3-14H2,1-2H3,(H,16,17,18);. The van der Waals surface area contributed by atoms with Crippen LogP contribution in [0.1, 0.15) is 90.9 Å². The van der Waals surface area contributed by atoms with Crippen molar-refractivity contribution in [2.24, 2.45) is 0 Å². The molecule has 20 heavy (non-hydrogen) atoms. The van der Waals surface area contributed by atoms with Gasteiger partial charge in [0.2, 0.25) is 0 Å². The topological polar surface area (TPSA) is 54.4 Å². The van der Waals surface area contributed by atoms with Crippen LogP contribution in [-0.2, 0) is 10.1 Å². The van der Waals surface area contributed by atoms with Crippen LogP contribution >= 0.6 is 0 Å². The molecular weight excluding hydrogens is 283 g/mol. The van der Waals surface area contributed by atoms with E-state index in [4.69, 9.17) is 0 Å². The van der Waals surface area contributed by atoms with Gasteiger partial charge in [-0.25, -0.2) is 0 Å². The van der Waals surface area contributed by atoms with E-state index in [0.29, 0.717) is 12.8 Å². The molecule has 0 heterocycles. The van der Waals surface area contributed by atoms with Crippen LogP contribution in [0.2, 0.25) is 0 Å². The molecule has 0 bridgehead atoms. The van der Waals surface area contributed by atoms with E-state index in [-0.39, 0.29) is 29.6 Å². The van der Waals surface area contributed by atoms with Crippen molar-refractivity contribution in [1.82, 2.24) is 0 Å². The molecule has 3 nitrogen and oxygen atoms in total. The van der Waals surface area contributed by atoms with Gasteiger partial charge in [-0.1, -0.05) is 78.1 Å². The number of unbranched alkanes of at least 4 members (excludes halogenated alkanes) is 8. The number of hydrogen-bond donors (Lipinski definition) is 1. The molecule has 1 atom stereocenters. The second-order valence-electron chi connectivity index (χ2n) is 5.54. The third-order valence-corrected chi connectivity index (χ3v) is 4.99. The van der Waals surface area contributed by atoms with Gasteiger partial charge in [-0.3, -0.25) is 4.55 Å². The van der Waals surface area contributed by atoms with E-state index in [2.05, 4.69) is 13.8 Å². The van der Waals surface area contributed by atoms with E-state index in [1.54, 1.807) is 0 Å². The van der Waals surface area contributed by atoms with Gasteiger partial charge in [-0.05, 0) is 12.8 Å². The zero-order valence-corrected chi connectivity index (χ0v) is 16.6. The van der Waals surface area contributed by atoms with E-state index in [9.17, 15) is 13.0 Å². The van der Waals surface area contributed by atoms with Crippen molar-refractivity contribution < 1.29 is 13.0 Å². The molecule has 0 aromatic rings. The van der Waals surface area contributed by atoms with Gasteiger partial charge in [0.25, 0.3) is 10.1 Å². The third-order valence-electron chi connectivity index (χ3n) is 3.68. The minimum absolute atomic E-state index is 0. The predicted octanol–water partition coefficient (Wildman–Crippen LogP) is 4.58. The predicted molar refractivity (Wildman–Crippen MR) is 87.8 cm³/mol. The zero-order valence-electron chi connectivity index (χ0n) is 13.7. The molecule has 0 aliphatic carbocycles. The molecule has 0 saturated carbocycles. The molecule has 1 unspecified atom stereocenters. The summed E-state index contributed by atoms with van der Waals surface area (Å²) in [5.41, 5.74) is 0. The molecule has 0 aromatic carbocycles. The first-order valence-electron chi connectivity index (χ1n) is 7.98. The van der Waals surface area contributed by atoms with Crippen molar-refractivity contribution in [2.75, 3.05) is 0 Å². The minimum atomic E-state index is -3.85. The second kappa shape index (κ2) is 14.8. The summed E-state index contributed by atoms with van der Waals surface area (Å²) < 4.78 is 31.9. The molecule has 0 saturated heterocycles. The Morgan fingerprint density at radius 1 is 0.750 bits per heavy atom. The molecule has 0 spiro atoms. The molecule has 5 heteroatoms. The van der Waals surface area contributed by atoms with Gasteiger partial charge in [0.15, 0.2) is 0 Å². The van der Waals surface area contributed by atoms with Crippen LogP contribution in [-0.4, -0.2) is 47.8 Å². The monoisotopic (exact) mass is 315 g/mol. The van der Waals surface area contributed by atoms with Crippen LogP contribution in [0.25, 0.3) is 0 Å². The Balaban J connectivity index is 0. The molecule has 0 fully saturated rings. The summed E-state index contributed by atoms with van der Waals surface area (Å²) in [4.78, 5) is 0. The maximum absolute atomic E-state index is 11.3. The molecule has 117 valence electrons. The van der Waals surface area contributed by atoms with E-state index in [1.807, 2.05) is 0 Å². The zero-order chi connectivity index (χ0) is 14.6. The average Bonchev–Trinajstić information content (AvgIpc) is 2.34. The van der Waals surface area contributed by atoms with Crippen molar-refractivity contribution in [3.63, 3.8) is 0 Å². The normalized spacial score (nSPS) is 12.9. The second-order valence-corrected chi connectivity index (χ2v) is 7.24. The Hall–Kier alpha value is 0.910. The maximum Gasteiger partial charge on any atom is 0.267 e. The van der Waals surface area contributed by atoms with Gasteiger partial charge in [-0.2, -0.15) is 8.42 Å². The summed E-state index contributed by atoms with van der Waals surface area (Å²) in [6, 6.07) is 0. The van der Waals surface area contributed by atoms with Gasteiger partial charge in [0, 0.05) is 29.6 Å². The summed E-state index contributed by atoms with van der Waals surface area (Å²) in [6.07, 6.45) is 12.4. The Kier molecular flexibility index (Phi) is 17.2. The number of hydrogen-bond acceptors (Lipinski definition) is 2. The molecular formula is C15H32NaO3S. The smallest absolute Gasteiger partial charge is 0.267 e. The van der Waals surface area contributed by atoms with E-state index < -0.39 is 15.4 Å². The molecule has 0 amide bonds. The van der Waals surface area contributed by atoms with Crippen LogP contribution < -0.4 is 0 Å². The first-order valence-corrected chi connectivity index (χ1v) is 9.49. The Morgan fingerprint density at radius 3 is 1.50 bits per heavy atom. The van der Waals surface area contributed by atoms with Gasteiger partial charge in [-0.15, -0.1) is 0 Å². The molecule has 1 radical (unpaired) electrons. The quantitative estimate of drug-likeness (QED) is 0.307. The van der Waals surface area contributed by atoms with Crippen LogP contribution in [0.15, 0.2) is 0 Å². The van der Waals surface area contributed by atoms with Gasteiger partial charge >= 0.3 is 0 Å². The Labute approximate surface area is 148 Å². The molecule has 0 aromatic heterocycles. The third kappa shape index (κ3) is 13.9. The fourth-order valence-corrected chi connectivity index (χ4v) is 3.32. The van der Waals surface area contributed by atoms with Crippen molar-refractivity contribution in [3.05, 3.63) is 0 Å². The molecule has 0 aliphatic rings. The largest absolute Gasteiger partial charge is 0.285 e. The van der Waals surface area contributed by atoms with Crippen LogP contribution in [0.5, 0.6) is 0 Å². The Bertz CT molecular complexity index is 291. The van der Waals surface area contributed by atoms with Crippen molar-refractivity contribution in [2.45, 2.75) is 96.1 Å². The van der Waals surface area contributed by atoms with Gasteiger partial charge < -0.3 is 0 Å². The van der Waals surface area contributed by atoms with Crippen LogP contribution in [0.3, 0.4) is 0 Å². The summed E-state index contributed by atoms with van der Waals surface area (Å²) in [6.45, 7) is 4.32. The summed E-state index contributed by atoms with van der Waals surface area (Å²) in [5, 5.41) is -0.532. The fourth-order valence-electron chi connectivity index (χ4n) is 2.39. The fraction of sp³-hybridized carbons (Fsp3) is 1.00. The van der Waals surface area contributed by atoms with Crippen molar-refractivity contribution >= 4 is 39.7 Å². The molecule has 0 aliphatic heterocycles. The number of rotatable bonds is 13. The van der Waals surface area contributed by atoms with E-state index in [1.165, 1.54) is 25.7 Å².